The molecule has 1 aromatic heterocycles. The largest absolute Gasteiger partial charge is 0.396 e. The Labute approximate surface area is 172 Å². The van der Waals surface area contributed by atoms with Gasteiger partial charge in [-0.2, -0.15) is 15.0 Å². The highest BCUT2D eigenvalue weighted by atomic mass is 35.5. The summed E-state index contributed by atoms with van der Waals surface area (Å²) in [4.78, 5) is 13.0. The maximum atomic E-state index is 8.78. The van der Waals surface area contributed by atoms with Gasteiger partial charge in [-0.25, -0.2) is 0 Å². The van der Waals surface area contributed by atoms with Gasteiger partial charge in [0.2, 0.25) is 5.28 Å². The van der Waals surface area contributed by atoms with Gasteiger partial charge >= 0.3 is 0 Å². The third-order valence-electron chi connectivity index (χ3n) is 4.08. The molecule has 0 unspecified atom stereocenters. The van der Waals surface area contributed by atoms with Crippen LogP contribution < -0.4 is 0 Å². The number of thioether (sulfide) groups is 2. The Hall–Kier alpha value is -0.0400. The van der Waals surface area contributed by atoms with E-state index in [-0.39, 0.29) is 6.61 Å². The van der Waals surface area contributed by atoms with Gasteiger partial charge in [0.1, 0.15) is 0 Å². The van der Waals surface area contributed by atoms with Crippen molar-refractivity contribution in [3.63, 3.8) is 0 Å². The minimum absolute atomic E-state index is 0.287. The van der Waals surface area contributed by atoms with E-state index in [1.54, 1.807) is 23.5 Å². The van der Waals surface area contributed by atoms with Crippen LogP contribution in [0.25, 0.3) is 0 Å². The van der Waals surface area contributed by atoms with Gasteiger partial charge in [-0.05, 0) is 30.9 Å². The molecule has 0 saturated carbocycles. The summed E-state index contributed by atoms with van der Waals surface area (Å²) in [6.07, 6.45) is 14.8. The summed E-state index contributed by atoms with van der Waals surface area (Å²) < 4.78 is 0. The second-order valence-corrected chi connectivity index (χ2v) is 8.94. The van der Waals surface area contributed by atoms with Crippen molar-refractivity contribution < 1.29 is 5.11 Å². The molecule has 0 saturated heterocycles. The monoisotopic (exact) mass is 419 g/mol. The van der Waals surface area contributed by atoms with Crippen molar-refractivity contribution >= 4 is 35.1 Å². The van der Waals surface area contributed by atoms with Gasteiger partial charge < -0.3 is 5.11 Å². The van der Waals surface area contributed by atoms with Crippen molar-refractivity contribution in [1.29, 1.82) is 0 Å². The molecule has 0 amide bonds. The molecule has 0 aromatic carbocycles. The maximum absolute atomic E-state index is 8.78. The second-order valence-electron chi connectivity index (χ2n) is 6.48. The fraction of sp³-hybridized carbons (Fsp3) is 0.842. The molecular formula is C19H34ClN3OS2. The SMILES string of the molecule is CCCCCCCCCCSc1nc(Cl)nc(SCCCCCCO)n1. The van der Waals surface area contributed by atoms with E-state index in [9.17, 15) is 0 Å². The molecule has 0 aliphatic heterocycles. The van der Waals surface area contributed by atoms with Crippen molar-refractivity contribution in [2.75, 3.05) is 18.1 Å². The lowest BCUT2D eigenvalue weighted by Gasteiger charge is -2.04. The van der Waals surface area contributed by atoms with E-state index in [4.69, 9.17) is 16.7 Å². The first-order valence-corrected chi connectivity index (χ1v) is 12.4. The van der Waals surface area contributed by atoms with E-state index in [0.717, 1.165) is 47.5 Å². The lowest BCUT2D eigenvalue weighted by molar-refractivity contribution is 0.283. The van der Waals surface area contributed by atoms with Crippen LogP contribution in [0.2, 0.25) is 5.28 Å². The molecule has 0 radical (unpaired) electrons. The minimum atomic E-state index is 0.287. The van der Waals surface area contributed by atoms with E-state index < -0.39 is 0 Å². The molecule has 0 bridgehead atoms. The predicted octanol–water partition coefficient (Wildman–Crippen LogP) is 6.40. The van der Waals surface area contributed by atoms with Gasteiger partial charge in [0, 0.05) is 18.1 Å². The van der Waals surface area contributed by atoms with Crippen LogP contribution in [0.3, 0.4) is 0 Å². The molecule has 0 spiro atoms. The summed E-state index contributed by atoms with van der Waals surface area (Å²) in [5, 5.41) is 10.5. The van der Waals surface area contributed by atoms with Crippen LogP contribution in [-0.4, -0.2) is 38.2 Å². The third-order valence-corrected chi connectivity index (χ3v) is 6.12. The molecular weight excluding hydrogens is 386 g/mol. The summed E-state index contributed by atoms with van der Waals surface area (Å²) in [7, 11) is 0. The third kappa shape index (κ3) is 13.2. The lowest BCUT2D eigenvalue weighted by atomic mass is 10.1. The maximum Gasteiger partial charge on any atom is 0.227 e. The van der Waals surface area contributed by atoms with Crippen molar-refractivity contribution in [2.45, 2.75) is 94.3 Å². The normalized spacial score (nSPS) is 11.2. The standard InChI is InChI=1S/C19H34ClN3OS2/c1-2-3-4-5-6-7-9-12-15-25-18-21-17(20)22-19(23-18)26-16-13-10-8-11-14-24/h24H,2-16H2,1H3. The van der Waals surface area contributed by atoms with Crippen LogP contribution in [0.15, 0.2) is 10.3 Å². The molecule has 1 N–H and O–H groups in total. The lowest BCUT2D eigenvalue weighted by Crippen LogP contribution is -1.96. The van der Waals surface area contributed by atoms with Gasteiger partial charge in [0.25, 0.3) is 0 Å². The number of hydrogen-bond donors (Lipinski definition) is 1. The first kappa shape index (κ1) is 24.0. The number of aliphatic hydroxyl groups excluding tert-OH is 1. The highest BCUT2D eigenvalue weighted by Crippen LogP contribution is 2.22. The smallest absolute Gasteiger partial charge is 0.227 e. The molecule has 0 aliphatic carbocycles. The van der Waals surface area contributed by atoms with Crippen molar-refractivity contribution in [1.82, 2.24) is 15.0 Å². The number of aromatic nitrogens is 3. The van der Waals surface area contributed by atoms with Gasteiger partial charge in [-0.15, -0.1) is 0 Å². The highest BCUT2D eigenvalue weighted by molar-refractivity contribution is 7.99. The second kappa shape index (κ2) is 17.1. The first-order valence-electron chi connectivity index (χ1n) is 10.0. The molecule has 1 aromatic rings. The van der Waals surface area contributed by atoms with E-state index >= 15 is 0 Å². The Morgan fingerprint density at radius 3 is 1.65 bits per heavy atom. The zero-order valence-corrected chi connectivity index (χ0v) is 18.5. The number of hydrogen-bond acceptors (Lipinski definition) is 6. The van der Waals surface area contributed by atoms with Crippen LogP contribution in [-0.2, 0) is 0 Å². The molecule has 1 heterocycles. The molecule has 4 nitrogen and oxygen atoms in total. The Kier molecular flexibility index (Phi) is 15.8. The number of halogens is 1. The van der Waals surface area contributed by atoms with Crippen LogP contribution in [0, 0.1) is 0 Å². The Morgan fingerprint density at radius 1 is 0.692 bits per heavy atom. The Balaban J connectivity index is 2.15. The van der Waals surface area contributed by atoms with E-state index in [0.29, 0.717) is 5.28 Å². The average Bonchev–Trinajstić information content (AvgIpc) is 2.63. The van der Waals surface area contributed by atoms with Crippen LogP contribution in [0.5, 0.6) is 0 Å². The summed E-state index contributed by atoms with van der Waals surface area (Å²) in [6.45, 7) is 2.55. The number of rotatable bonds is 17. The van der Waals surface area contributed by atoms with Gasteiger partial charge in [-0.3, -0.25) is 0 Å². The first-order chi connectivity index (χ1) is 12.8. The zero-order chi connectivity index (χ0) is 18.9. The quantitative estimate of drug-likeness (QED) is 0.233. The van der Waals surface area contributed by atoms with E-state index in [2.05, 4.69) is 21.9 Å². The molecule has 1 rings (SSSR count). The molecule has 7 heteroatoms. The van der Waals surface area contributed by atoms with E-state index in [1.807, 2.05) is 0 Å². The number of aliphatic hydroxyl groups is 1. The predicted molar refractivity (Wildman–Crippen MR) is 114 cm³/mol. The van der Waals surface area contributed by atoms with Crippen molar-refractivity contribution in [3.8, 4) is 0 Å². The molecule has 0 atom stereocenters. The number of unbranched alkanes of at least 4 members (excludes halogenated alkanes) is 10. The fourth-order valence-corrected chi connectivity index (χ4v) is 4.56. The van der Waals surface area contributed by atoms with Crippen LogP contribution in [0.4, 0.5) is 0 Å². The molecule has 0 fully saturated rings. The van der Waals surface area contributed by atoms with E-state index in [1.165, 1.54) is 51.4 Å². The van der Waals surface area contributed by atoms with Crippen LogP contribution >= 0.6 is 35.1 Å². The van der Waals surface area contributed by atoms with Gasteiger partial charge in [0.05, 0.1) is 0 Å². The highest BCUT2D eigenvalue weighted by Gasteiger charge is 2.06. The summed E-state index contributed by atoms with van der Waals surface area (Å²) >= 11 is 9.36. The molecule has 150 valence electrons. The summed E-state index contributed by atoms with van der Waals surface area (Å²) in [5.74, 6) is 2.02. The average molecular weight is 420 g/mol. The molecule has 26 heavy (non-hydrogen) atoms. The van der Waals surface area contributed by atoms with Crippen molar-refractivity contribution in [3.05, 3.63) is 5.28 Å². The Bertz CT molecular complexity index is 466. The summed E-state index contributed by atoms with van der Waals surface area (Å²) in [6, 6.07) is 0. The topological polar surface area (TPSA) is 58.9 Å². The summed E-state index contributed by atoms with van der Waals surface area (Å²) in [5.41, 5.74) is 0. The number of nitrogens with zero attached hydrogens (tertiary/aromatic N) is 3. The Morgan fingerprint density at radius 2 is 1.15 bits per heavy atom. The fourth-order valence-electron chi connectivity index (χ4n) is 2.57. The van der Waals surface area contributed by atoms with Crippen molar-refractivity contribution in [2.24, 2.45) is 0 Å². The minimum Gasteiger partial charge on any atom is -0.396 e. The van der Waals surface area contributed by atoms with Crippen LogP contribution in [0.1, 0.15) is 84.0 Å². The zero-order valence-electron chi connectivity index (χ0n) is 16.1. The van der Waals surface area contributed by atoms with Gasteiger partial charge in [-0.1, -0.05) is 88.2 Å². The van der Waals surface area contributed by atoms with Gasteiger partial charge in [0.15, 0.2) is 10.3 Å². The molecule has 0 aliphatic rings.